The lowest BCUT2D eigenvalue weighted by Crippen LogP contribution is -2.23. The number of hydrogen-bond acceptors (Lipinski definition) is 4. The van der Waals surface area contributed by atoms with Crippen LogP contribution in [0.4, 0.5) is 0 Å². The lowest BCUT2D eigenvalue weighted by molar-refractivity contribution is -0.134. The number of carbonyl (C=O) groups is 2. The molecule has 0 aromatic carbocycles. The van der Waals surface area contributed by atoms with E-state index in [1.165, 1.54) is 25.0 Å². The fraction of sp³-hybridized carbons (Fsp3) is 0.333. The highest BCUT2D eigenvalue weighted by Crippen LogP contribution is 2.45. The summed E-state index contributed by atoms with van der Waals surface area (Å²) in [6, 6.07) is 0. The van der Waals surface area contributed by atoms with Crippen molar-refractivity contribution in [3.63, 3.8) is 0 Å². The first-order valence-corrected chi connectivity index (χ1v) is 8.00. The summed E-state index contributed by atoms with van der Waals surface area (Å²) < 4.78 is 0. The van der Waals surface area contributed by atoms with E-state index in [0.29, 0.717) is 12.2 Å². The molecule has 0 aromatic rings. The molecule has 4 aliphatic rings. The van der Waals surface area contributed by atoms with E-state index in [-0.39, 0.29) is 0 Å². The van der Waals surface area contributed by atoms with Crippen LogP contribution in [0.15, 0.2) is 58.5 Å². The van der Waals surface area contributed by atoms with Crippen molar-refractivity contribution in [1.29, 1.82) is 0 Å². The van der Waals surface area contributed by atoms with E-state index in [4.69, 9.17) is 10.2 Å². The Bertz CT molecular complexity index is 709. The molecule has 24 heavy (non-hydrogen) atoms. The van der Waals surface area contributed by atoms with Crippen molar-refractivity contribution in [2.24, 2.45) is 5.92 Å². The Kier molecular flexibility index (Phi) is 4.55. The van der Waals surface area contributed by atoms with E-state index in [1.54, 1.807) is 22.3 Å². The molecule has 1 atom stereocenters. The molecule has 0 spiro atoms. The Labute approximate surface area is 139 Å². The lowest BCUT2D eigenvalue weighted by Gasteiger charge is -2.31. The van der Waals surface area contributed by atoms with Gasteiger partial charge in [-0.05, 0) is 53.8 Å². The van der Waals surface area contributed by atoms with Gasteiger partial charge in [-0.25, -0.2) is 9.59 Å². The van der Waals surface area contributed by atoms with E-state index in [1.807, 2.05) is 0 Å². The van der Waals surface area contributed by atoms with Gasteiger partial charge in [-0.3, -0.25) is 0 Å². The van der Waals surface area contributed by atoms with E-state index < -0.39 is 11.9 Å². The van der Waals surface area contributed by atoms with Crippen molar-refractivity contribution in [3.8, 4) is 0 Å². The molecule has 0 aromatic heterocycles. The average molecular weight is 328 g/mol. The van der Waals surface area contributed by atoms with Crippen LogP contribution in [-0.4, -0.2) is 35.2 Å². The molecule has 0 bridgehead atoms. The molecule has 1 fully saturated rings. The molecular weight excluding hydrogens is 308 g/mol. The normalized spacial score (nSPS) is 23.5. The second-order valence-corrected chi connectivity index (χ2v) is 6.07. The van der Waals surface area contributed by atoms with Crippen LogP contribution in [0.5, 0.6) is 0 Å². The Hall–Kier alpha value is -2.76. The van der Waals surface area contributed by atoms with E-state index in [0.717, 1.165) is 19.0 Å². The van der Waals surface area contributed by atoms with Crippen LogP contribution in [0.1, 0.15) is 19.3 Å². The summed E-state index contributed by atoms with van der Waals surface area (Å²) in [6.07, 6.45) is 11.6. The molecule has 0 saturated carbocycles. The molecular formula is C18H20N2O4. The zero-order valence-corrected chi connectivity index (χ0v) is 13.2. The number of hydrogen-bond donors (Lipinski definition) is 4. The Balaban J connectivity index is 0.000000183. The maximum absolute atomic E-state index is 9.55. The van der Waals surface area contributed by atoms with Crippen molar-refractivity contribution in [2.45, 2.75) is 19.3 Å². The van der Waals surface area contributed by atoms with Gasteiger partial charge in [0, 0.05) is 36.9 Å². The molecule has 4 N–H and O–H groups in total. The molecule has 0 amide bonds. The van der Waals surface area contributed by atoms with Crippen LogP contribution in [-0.2, 0) is 9.59 Å². The smallest absolute Gasteiger partial charge is 0.328 e. The van der Waals surface area contributed by atoms with Gasteiger partial charge in [0.25, 0.3) is 0 Å². The van der Waals surface area contributed by atoms with Gasteiger partial charge in [-0.15, -0.1) is 0 Å². The van der Waals surface area contributed by atoms with Gasteiger partial charge in [-0.2, -0.15) is 0 Å². The molecule has 6 nitrogen and oxygen atoms in total. The highest BCUT2D eigenvalue weighted by molar-refractivity contribution is 5.89. The number of carboxylic acid groups (broad SMARTS) is 2. The van der Waals surface area contributed by atoms with E-state index >= 15 is 0 Å². The van der Waals surface area contributed by atoms with Crippen LogP contribution in [0.25, 0.3) is 0 Å². The lowest BCUT2D eigenvalue weighted by atomic mass is 9.75. The molecule has 2 aliphatic carbocycles. The largest absolute Gasteiger partial charge is 0.478 e. The van der Waals surface area contributed by atoms with Gasteiger partial charge in [0.15, 0.2) is 0 Å². The number of carboxylic acids is 2. The zero-order valence-electron chi connectivity index (χ0n) is 13.2. The number of fused-ring (bicyclic) bond motifs is 1. The van der Waals surface area contributed by atoms with Gasteiger partial charge >= 0.3 is 11.9 Å². The molecule has 2 heterocycles. The van der Waals surface area contributed by atoms with E-state index in [9.17, 15) is 9.59 Å². The molecule has 4 rings (SSSR count). The topological polar surface area (TPSA) is 98.7 Å². The first-order valence-electron chi connectivity index (χ1n) is 8.00. The second-order valence-electron chi connectivity index (χ2n) is 6.07. The Morgan fingerprint density at radius 3 is 2.67 bits per heavy atom. The fourth-order valence-electron chi connectivity index (χ4n) is 3.66. The van der Waals surface area contributed by atoms with Crippen LogP contribution in [0.2, 0.25) is 0 Å². The van der Waals surface area contributed by atoms with Crippen LogP contribution >= 0.6 is 0 Å². The Morgan fingerprint density at radius 2 is 1.96 bits per heavy atom. The summed E-state index contributed by atoms with van der Waals surface area (Å²) in [5.74, 6) is -1.77. The van der Waals surface area contributed by atoms with Crippen LogP contribution in [0.3, 0.4) is 0 Å². The zero-order chi connectivity index (χ0) is 17.1. The number of aliphatic carboxylic acids is 2. The van der Waals surface area contributed by atoms with Crippen molar-refractivity contribution in [2.75, 3.05) is 13.1 Å². The third-order valence-electron chi connectivity index (χ3n) is 4.56. The summed E-state index contributed by atoms with van der Waals surface area (Å²) in [5.41, 5.74) is 7.86. The second kappa shape index (κ2) is 6.78. The van der Waals surface area contributed by atoms with Crippen molar-refractivity contribution < 1.29 is 19.8 Å². The average Bonchev–Trinajstić information content (AvgIpc) is 2.98. The minimum absolute atomic E-state index is 0.558. The van der Waals surface area contributed by atoms with E-state index in [2.05, 4.69) is 29.0 Å². The minimum Gasteiger partial charge on any atom is -0.478 e. The van der Waals surface area contributed by atoms with Gasteiger partial charge < -0.3 is 20.8 Å². The fourth-order valence-corrected chi connectivity index (χ4v) is 3.66. The molecule has 1 saturated heterocycles. The minimum atomic E-state index is -1.26. The van der Waals surface area contributed by atoms with Crippen LogP contribution < -0.4 is 10.6 Å². The summed E-state index contributed by atoms with van der Waals surface area (Å²) in [7, 11) is 0. The first-order chi connectivity index (χ1) is 11.6. The number of rotatable bonds is 2. The summed E-state index contributed by atoms with van der Waals surface area (Å²) >= 11 is 0. The molecule has 0 radical (unpaired) electrons. The maximum Gasteiger partial charge on any atom is 0.328 e. The van der Waals surface area contributed by atoms with Crippen molar-refractivity contribution >= 4 is 11.9 Å². The standard InChI is InChI=1S/C14H16N2.C4H4O4/c1-2-12-11-4-5-15-7-9(11)6-10-8-16-13(3-1)14(10)12;5-3(6)1-2-4(7)8/h3-5,10,15-16H,1-2,6-8H2;1-2H,(H,5,6)(H,7,8)/b;2-1-. The monoisotopic (exact) mass is 328 g/mol. The SMILES string of the molecule is C1=CC2=C(CN1)CC1CNC3=CCCC2=C31.O=C(O)/C=C\C(=O)O. The van der Waals surface area contributed by atoms with Gasteiger partial charge in [0.1, 0.15) is 0 Å². The number of allylic oxidation sites excluding steroid dienone is 5. The molecule has 126 valence electrons. The first kappa shape index (κ1) is 16.1. The van der Waals surface area contributed by atoms with Crippen molar-refractivity contribution in [3.05, 3.63) is 58.5 Å². The quantitative estimate of drug-likeness (QED) is 0.576. The molecule has 1 unspecified atom stereocenters. The summed E-state index contributed by atoms with van der Waals surface area (Å²) in [4.78, 5) is 19.1. The number of dihydropyridines is 1. The van der Waals surface area contributed by atoms with Crippen LogP contribution in [0, 0.1) is 5.92 Å². The summed E-state index contributed by atoms with van der Waals surface area (Å²) in [5, 5.41) is 22.5. The van der Waals surface area contributed by atoms with Crippen molar-refractivity contribution in [1.82, 2.24) is 10.6 Å². The highest BCUT2D eigenvalue weighted by atomic mass is 16.4. The van der Waals surface area contributed by atoms with Gasteiger partial charge in [0.2, 0.25) is 0 Å². The predicted molar refractivity (Wildman–Crippen MR) is 89.0 cm³/mol. The third-order valence-corrected chi connectivity index (χ3v) is 4.56. The maximum atomic E-state index is 9.55. The van der Waals surface area contributed by atoms with Gasteiger partial charge in [0.05, 0.1) is 0 Å². The third kappa shape index (κ3) is 3.27. The predicted octanol–water partition coefficient (Wildman–Crippen LogP) is 1.71. The van der Waals surface area contributed by atoms with Gasteiger partial charge in [-0.1, -0.05) is 6.08 Å². The number of nitrogens with one attached hydrogen (secondary N) is 2. The molecule has 2 aliphatic heterocycles. The highest BCUT2D eigenvalue weighted by Gasteiger charge is 2.35. The molecule has 6 heteroatoms. The Morgan fingerprint density at radius 1 is 1.21 bits per heavy atom. The summed E-state index contributed by atoms with van der Waals surface area (Å²) in [6.45, 7) is 2.20.